The van der Waals surface area contributed by atoms with Gasteiger partial charge in [-0.25, -0.2) is 0 Å². The fraction of sp³-hybridized carbons (Fsp3) is 0.346. The Bertz CT molecular complexity index is 1220. The Balaban J connectivity index is 1.41. The van der Waals surface area contributed by atoms with Gasteiger partial charge in [-0.3, -0.25) is 4.79 Å². The number of nitrogens with zero attached hydrogens (tertiary/aromatic N) is 4. The van der Waals surface area contributed by atoms with Crippen LogP contribution in [-0.4, -0.2) is 52.0 Å². The van der Waals surface area contributed by atoms with Crippen molar-refractivity contribution in [2.45, 2.75) is 31.8 Å². The fourth-order valence-electron chi connectivity index (χ4n) is 4.64. The zero-order valence-electron chi connectivity index (χ0n) is 18.9. The molecule has 0 bridgehead atoms. The largest absolute Gasteiger partial charge is 0.483 e. The normalized spacial score (nSPS) is 16.6. The number of rotatable bonds is 5. The summed E-state index contributed by atoms with van der Waals surface area (Å²) in [5.74, 6) is 0.376. The lowest BCUT2D eigenvalue weighted by molar-refractivity contribution is 0.205. The van der Waals surface area contributed by atoms with Crippen LogP contribution in [0.25, 0.3) is 5.69 Å². The van der Waals surface area contributed by atoms with Crippen LogP contribution in [0.4, 0.5) is 5.69 Å². The SMILES string of the molecule is O=c1c(OC2CCCC2)c(N2CCN(C(=S)c3ccccc3)CC2)cnn1-c1cccc(Cl)c1. The number of anilines is 1. The maximum absolute atomic E-state index is 13.6. The number of hydrogen-bond donors (Lipinski definition) is 0. The molecule has 1 saturated heterocycles. The van der Waals surface area contributed by atoms with Crippen molar-refractivity contribution in [3.05, 3.63) is 81.7 Å². The van der Waals surface area contributed by atoms with Gasteiger partial charge in [0.15, 0.2) is 0 Å². The van der Waals surface area contributed by atoms with E-state index in [4.69, 9.17) is 28.6 Å². The number of ether oxygens (including phenoxy) is 1. The van der Waals surface area contributed by atoms with E-state index >= 15 is 0 Å². The minimum atomic E-state index is -0.256. The van der Waals surface area contributed by atoms with Gasteiger partial charge in [0, 0.05) is 36.8 Å². The molecule has 0 amide bonds. The van der Waals surface area contributed by atoms with E-state index in [1.165, 1.54) is 4.68 Å². The summed E-state index contributed by atoms with van der Waals surface area (Å²) in [6.45, 7) is 3.01. The predicted octanol–water partition coefficient (Wildman–Crippen LogP) is 4.71. The van der Waals surface area contributed by atoms with Gasteiger partial charge in [-0.05, 0) is 43.9 Å². The first-order valence-electron chi connectivity index (χ1n) is 11.7. The molecular formula is C26H27ClN4O2S. The highest BCUT2D eigenvalue weighted by Crippen LogP contribution is 2.30. The van der Waals surface area contributed by atoms with Crippen LogP contribution >= 0.6 is 23.8 Å². The summed E-state index contributed by atoms with van der Waals surface area (Å²) in [6, 6.07) is 17.2. The van der Waals surface area contributed by atoms with Crippen LogP contribution in [0, 0.1) is 0 Å². The third-order valence-corrected chi connectivity index (χ3v) is 7.21. The van der Waals surface area contributed by atoms with Gasteiger partial charge in [-0.15, -0.1) is 0 Å². The number of piperazine rings is 1. The fourth-order valence-corrected chi connectivity index (χ4v) is 5.15. The Morgan fingerprint density at radius 1 is 1.00 bits per heavy atom. The first-order valence-corrected chi connectivity index (χ1v) is 12.5. The molecule has 1 aromatic heterocycles. The highest BCUT2D eigenvalue weighted by molar-refractivity contribution is 7.80. The molecule has 1 aliphatic carbocycles. The van der Waals surface area contributed by atoms with Crippen molar-refractivity contribution in [3.8, 4) is 11.4 Å². The predicted molar refractivity (Wildman–Crippen MR) is 140 cm³/mol. The second-order valence-corrected chi connectivity index (χ2v) is 9.55. The van der Waals surface area contributed by atoms with Crippen LogP contribution in [0.3, 0.4) is 0 Å². The van der Waals surface area contributed by atoms with E-state index < -0.39 is 0 Å². The topological polar surface area (TPSA) is 50.6 Å². The standard InChI is InChI=1S/C26H27ClN4O2S/c27-20-9-6-10-21(17-20)31-25(32)24(33-22-11-4-5-12-22)23(18-28-31)29-13-15-30(16-14-29)26(34)19-7-2-1-3-8-19/h1-3,6-10,17-18,22H,4-5,11-16H2. The first-order chi connectivity index (χ1) is 16.6. The molecule has 6 nitrogen and oxygen atoms in total. The molecule has 2 aromatic carbocycles. The second-order valence-electron chi connectivity index (χ2n) is 8.73. The maximum atomic E-state index is 13.6. The molecule has 2 aliphatic rings. The summed E-state index contributed by atoms with van der Waals surface area (Å²) in [5, 5.41) is 5.04. The van der Waals surface area contributed by atoms with Crippen molar-refractivity contribution in [3.63, 3.8) is 0 Å². The summed E-state index contributed by atoms with van der Waals surface area (Å²) in [5.41, 5.74) is 2.18. The molecule has 1 aliphatic heterocycles. The van der Waals surface area contributed by atoms with E-state index in [9.17, 15) is 4.79 Å². The zero-order valence-corrected chi connectivity index (χ0v) is 20.5. The van der Waals surface area contributed by atoms with E-state index in [1.54, 1.807) is 18.3 Å². The molecule has 176 valence electrons. The quantitative estimate of drug-likeness (QED) is 0.479. The van der Waals surface area contributed by atoms with Gasteiger partial charge in [0.25, 0.3) is 0 Å². The molecule has 0 N–H and O–H groups in total. The molecule has 0 atom stereocenters. The van der Waals surface area contributed by atoms with E-state index in [0.29, 0.717) is 16.5 Å². The number of halogens is 1. The monoisotopic (exact) mass is 494 g/mol. The van der Waals surface area contributed by atoms with Crippen LogP contribution in [0.2, 0.25) is 5.02 Å². The molecule has 2 fully saturated rings. The minimum Gasteiger partial charge on any atom is -0.483 e. The molecule has 1 saturated carbocycles. The second kappa shape index (κ2) is 10.2. The van der Waals surface area contributed by atoms with E-state index in [1.807, 2.05) is 42.5 Å². The lowest BCUT2D eigenvalue weighted by atomic mass is 10.2. The van der Waals surface area contributed by atoms with Crippen LogP contribution in [0.15, 0.2) is 65.6 Å². The zero-order chi connectivity index (χ0) is 23.5. The van der Waals surface area contributed by atoms with Gasteiger partial charge in [0.2, 0.25) is 5.75 Å². The number of thiocarbonyl (C=S) groups is 1. The van der Waals surface area contributed by atoms with Crippen LogP contribution in [0.5, 0.6) is 5.75 Å². The van der Waals surface area contributed by atoms with Gasteiger partial charge < -0.3 is 14.5 Å². The Labute approximate surface area is 209 Å². The smallest absolute Gasteiger partial charge is 0.316 e. The third kappa shape index (κ3) is 4.81. The lowest BCUT2D eigenvalue weighted by Crippen LogP contribution is -2.49. The van der Waals surface area contributed by atoms with Crippen molar-refractivity contribution in [1.82, 2.24) is 14.7 Å². The molecule has 0 spiro atoms. The summed E-state index contributed by atoms with van der Waals surface area (Å²) < 4.78 is 7.71. The van der Waals surface area contributed by atoms with Gasteiger partial charge >= 0.3 is 5.56 Å². The van der Waals surface area contributed by atoms with Crippen molar-refractivity contribution in [2.75, 3.05) is 31.1 Å². The first kappa shape index (κ1) is 22.9. The van der Waals surface area contributed by atoms with Crippen LogP contribution in [-0.2, 0) is 0 Å². The molecule has 0 unspecified atom stereocenters. The Kier molecular flexibility index (Phi) is 6.83. The van der Waals surface area contributed by atoms with Crippen molar-refractivity contribution in [2.24, 2.45) is 0 Å². The summed E-state index contributed by atoms with van der Waals surface area (Å²) >= 11 is 11.9. The van der Waals surface area contributed by atoms with Crippen LogP contribution in [0.1, 0.15) is 31.2 Å². The molecule has 2 heterocycles. The van der Waals surface area contributed by atoms with Crippen LogP contribution < -0.4 is 15.2 Å². The number of aromatic nitrogens is 2. The molecular weight excluding hydrogens is 468 g/mol. The summed E-state index contributed by atoms with van der Waals surface area (Å²) in [4.78, 5) is 18.8. The number of benzene rings is 2. The highest BCUT2D eigenvalue weighted by Gasteiger charge is 2.27. The molecule has 8 heteroatoms. The molecule has 3 aromatic rings. The third-order valence-electron chi connectivity index (χ3n) is 6.48. The van der Waals surface area contributed by atoms with Crippen molar-refractivity contribution in [1.29, 1.82) is 0 Å². The Morgan fingerprint density at radius 2 is 1.74 bits per heavy atom. The Hall–Kier alpha value is -2.90. The van der Waals surface area contributed by atoms with Crippen molar-refractivity contribution >= 4 is 34.5 Å². The van der Waals surface area contributed by atoms with E-state index in [-0.39, 0.29) is 11.7 Å². The average Bonchev–Trinajstić information content (AvgIpc) is 3.39. The average molecular weight is 495 g/mol. The van der Waals surface area contributed by atoms with Gasteiger partial charge in [0.05, 0.1) is 18.0 Å². The maximum Gasteiger partial charge on any atom is 0.316 e. The highest BCUT2D eigenvalue weighted by atomic mass is 35.5. The van der Waals surface area contributed by atoms with Crippen molar-refractivity contribution < 1.29 is 4.74 Å². The Morgan fingerprint density at radius 3 is 2.44 bits per heavy atom. The molecule has 0 radical (unpaired) electrons. The molecule has 34 heavy (non-hydrogen) atoms. The van der Waals surface area contributed by atoms with Gasteiger partial charge in [-0.2, -0.15) is 9.78 Å². The van der Waals surface area contributed by atoms with Gasteiger partial charge in [-0.1, -0.05) is 60.2 Å². The number of hydrogen-bond acceptors (Lipinski definition) is 5. The lowest BCUT2D eigenvalue weighted by Gasteiger charge is -2.38. The van der Waals surface area contributed by atoms with E-state index in [0.717, 1.165) is 68.1 Å². The minimum absolute atomic E-state index is 0.0635. The van der Waals surface area contributed by atoms with Gasteiger partial charge in [0.1, 0.15) is 10.7 Å². The van der Waals surface area contributed by atoms with E-state index in [2.05, 4.69) is 14.9 Å². The summed E-state index contributed by atoms with van der Waals surface area (Å²) in [7, 11) is 0. The molecule has 5 rings (SSSR count). The summed E-state index contributed by atoms with van der Waals surface area (Å²) in [6.07, 6.45) is 6.01.